The van der Waals surface area contributed by atoms with Gasteiger partial charge in [0.2, 0.25) is 5.78 Å². The zero-order valence-electron chi connectivity index (χ0n) is 17.2. The summed E-state index contributed by atoms with van der Waals surface area (Å²) in [5.74, 6) is 0.593. The lowest BCUT2D eigenvalue weighted by Gasteiger charge is -2.13. The Morgan fingerprint density at radius 2 is 1.60 bits per heavy atom. The van der Waals surface area contributed by atoms with Crippen LogP contribution in [0.1, 0.15) is 11.1 Å². The second-order valence-electron chi connectivity index (χ2n) is 7.59. The topological polar surface area (TPSA) is 66.2 Å². The van der Waals surface area contributed by atoms with Gasteiger partial charge in [0.15, 0.2) is 11.2 Å². The molecule has 5 rings (SSSR count). The van der Waals surface area contributed by atoms with E-state index in [0.29, 0.717) is 16.9 Å². The molecule has 7 heteroatoms. The minimum absolute atomic E-state index is 0.363. The molecule has 0 saturated heterocycles. The highest BCUT2D eigenvalue weighted by Crippen LogP contribution is 2.30. The third-order valence-corrected chi connectivity index (χ3v) is 5.85. The summed E-state index contributed by atoms with van der Waals surface area (Å²) in [4.78, 5) is 30.1. The average Bonchev–Trinajstić information content (AvgIpc) is 3.30. The summed E-state index contributed by atoms with van der Waals surface area (Å²) < 4.78 is 6.38. The van der Waals surface area contributed by atoms with Crippen molar-refractivity contribution in [1.29, 1.82) is 0 Å². The molecule has 30 heavy (non-hydrogen) atoms. The summed E-state index contributed by atoms with van der Waals surface area (Å²) in [6.45, 7) is 4.15. The molecule has 0 N–H and O–H groups in total. The lowest BCUT2D eigenvalue weighted by Crippen LogP contribution is -2.37. The Labute approximate surface area is 172 Å². The lowest BCUT2D eigenvalue weighted by molar-refractivity contribution is 0.708. The van der Waals surface area contributed by atoms with Crippen molar-refractivity contribution in [2.45, 2.75) is 13.8 Å². The Hall–Kier alpha value is -3.87. The van der Waals surface area contributed by atoms with Crippen LogP contribution in [-0.2, 0) is 14.1 Å². The lowest BCUT2D eigenvalue weighted by atomic mass is 10.1. The Kier molecular flexibility index (Phi) is 3.83. The molecule has 7 nitrogen and oxygen atoms in total. The molecule has 0 saturated carbocycles. The van der Waals surface area contributed by atoms with Crippen LogP contribution in [0.3, 0.4) is 0 Å². The second kappa shape index (κ2) is 6.32. The molecule has 0 unspecified atom stereocenters. The van der Waals surface area contributed by atoms with E-state index < -0.39 is 5.69 Å². The number of fused-ring (bicyclic) bond motifs is 3. The van der Waals surface area contributed by atoms with Gasteiger partial charge in [0.05, 0.1) is 11.4 Å². The maximum Gasteiger partial charge on any atom is 0.332 e. The normalized spacial score (nSPS) is 11.6. The highest BCUT2D eigenvalue weighted by atomic mass is 16.2. The zero-order valence-corrected chi connectivity index (χ0v) is 17.2. The maximum atomic E-state index is 13.0. The van der Waals surface area contributed by atoms with Crippen molar-refractivity contribution in [1.82, 2.24) is 23.1 Å². The number of aromatic nitrogens is 5. The van der Waals surface area contributed by atoms with Crippen LogP contribution in [0.5, 0.6) is 0 Å². The largest absolute Gasteiger partial charge is 0.332 e. The predicted octanol–water partition coefficient (Wildman–Crippen LogP) is 2.96. The Balaban J connectivity index is 2.01. The summed E-state index contributed by atoms with van der Waals surface area (Å²) in [7, 11) is 3.13. The van der Waals surface area contributed by atoms with E-state index in [9.17, 15) is 9.59 Å². The number of rotatable bonds is 2. The van der Waals surface area contributed by atoms with Crippen LogP contribution in [0.2, 0.25) is 0 Å². The average molecular weight is 399 g/mol. The van der Waals surface area contributed by atoms with Gasteiger partial charge in [0.25, 0.3) is 5.56 Å². The van der Waals surface area contributed by atoms with Gasteiger partial charge >= 0.3 is 5.69 Å². The van der Waals surface area contributed by atoms with Crippen LogP contribution in [0.15, 0.2) is 64.3 Å². The van der Waals surface area contributed by atoms with Gasteiger partial charge in [-0.1, -0.05) is 42.5 Å². The summed E-state index contributed by atoms with van der Waals surface area (Å²) in [5, 5.41) is 0. The Morgan fingerprint density at radius 1 is 0.867 bits per heavy atom. The van der Waals surface area contributed by atoms with Gasteiger partial charge in [-0.15, -0.1) is 0 Å². The summed E-state index contributed by atoms with van der Waals surface area (Å²) in [6.07, 6.45) is 1.92. The summed E-state index contributed by atoms with van der Waals surface area (Å²) >= 11 is 0. The van der Waals surface area contributed by atoms with Crippen LogP contribution < -0.4 is 11.2 Å². The van der Waals surface area contributed by atoms with E-state index in [1.165, 1.54) is 11.6 Å². The first-order chi connectivity index (χ1) is 14.4. The minimum atomic E-state index is -0.394. The van der Waals surface area contributed by atoms with E-state index in [1.54, 1.807) is 11.4 Å². The predicted molar refractivity (Wildman–Crippen MR) is 117 cm³/mol. The molecule has 2 aromatic carbocycles. The molecule has 0 atom stereocenters. The number of nitrogens with zero attached hydrogens (tertiary/aromatic N) is 5. The van der Waals surface area contributed by atoms with E-state index in [4.69, 9.17) is 4.98 Å². The molecule has 0 amide bonds. The minimum Gasteiger partial charge on any atom is -0.279 e. The first kappa shape index (κ1) is 18.2. The molecule has 5 aromatic rings. The number of hydrogen-bond acceptors (Lipinski definition) is 3. The molecule has 0 fully saturated rings. The van der Waals surface area contributed by atoms with E-state index in [0.717, 1.165) is 32.6 Å². The van der Waals surface area contributed by atoms with Gasteiger partial charge in [-0.25, -0.2) is 4.79 Å². The number of aryl methyl sites for hydroxylation is 2. The van der Waals surface area contributed by atoms with E-state index >= 15 is 0 Å². The third kappa shape index (κ3) is 2.35. The standard InChI is InChI=1S/C23H21N5O2/c1-14-9-8-12-17(15(14)2)28-18(16-10-6-5-7-11-16)13-27-19-20(24-22(27)28)25(3)23(30)26(4)21(19)29/h5-13H,1-4H3. The molecular formula is C23H21N5O2. The maximum absolute atomic E-state index is 13.0. The fourth-order valence-corrected chi connectivity index (χ4v) is 4.00. The van der Waals surface area contributed by atoms with E-state index in [-0.39, 0.29) is 5.56 Å². The van der Waals surface area contributed by atoms with E-state index in [2.05, 4.69) is 24.5 Å². The molecule has 0 radical (unpaired) electrons. The molecule has 0 aliphatic rings. The molecule has 3 aromatic heterocycles. The number of imidazole rings is 2. The summed E-state index contributed by atoms with van der Waals surface area (Å²) in [5.41, 5.74) is 5.21. The molecule has 0 spiro atoms. The second-order valence-corrected chi connectivity index (χ2v) is 7.59. The molecule has 0 aliphatic carbocycles. The van der Waals surface area contributed by atoms with Crippen molar-refractivity contribution >= 4 is 16.9 Å². The van der Waals surface area contributed by atoms with Crippen LogP contribution in [0.4, 0.5) is 0 Å². The van der Waals surface area contributed by atoms with Crippen molar-refractivity contribution < 1.29 is 0 Å². The number of benzene rings is 2. The van der Waals surface area contributed by atoms with Gasteiger partial charge in [0, 0.05) is 25.9 Å². The van der Waals surface area contributed by atoms with Crippen molar-refractivity contribution in [2.24, 2.45) is 14.1 Å². The third-order valence-electron chi connectivity index (χ3n) is 5.85. The highest BCUT2D eigenvalue weighted by Gasteiger charge is 2.22. The Bertz CT molecular complexity index is 1570. The van der Waals surface area contributed by atoms with Gasteiger partial charge in [-0.3, -0.25) is 22.9 Å². The van der Waals surface area contributed by atoms with Crippen LogP contribution in [0.25, 0.3) is 33.9 Å². The van der Waals surface area contributed by atoms with Crippen LogP contribution in [0, 0.1) is 13.8 Å². The quantitative estimate of drug-likeness (QED) is 0.458. The van der Waals surface area contributed by atoms with Gasteiger partial charge in [-0.05, 0) is 31.0 Å². The molecule has 150 valence electrons. The van der Waals surface area contributed by atoms with Crippen molar-refractivity contribution in [2.75, 3.05) is 0 Å². The molecule has 3 heterocycles. The smallest absolute Gasteiger partial charge is 0.279 e. The monoisotopic (exact) mass is 399 g/mol. The zero-order chi connectivity index (χ0) is 21.2. The van der Waals surface area contributed by atoms with Crippen molar-refractivity contribution in [3.63, 3.8) is 0 Å². The number of hydrogen-bond donors (Lipinski definition) is 0. The molecule has 0 aliphatic heterocycles. The molecule has 0 bridgehead atoms. The molecular weight excluding hydrogens is 378 g/mol. The first-order valence-corrected chi connectivity index (χ1v) is 9.71. The van der Waals surface area contributed by atoms with Crippen molar-refractivity contribution in [3.8, 4) is 16.9 Å². The summed E-state index contributed by atoms with van der Waals surface area (Å²) in [6, 6.07) is 16.1. The van der Waals surface area contributed by atoms with Crippen LogP contribution >= 0.6 is 0 Å². The van der Waals surface area contributed by atoms with Crippen molar-refractivity contribution in [3.05, 3.63) is 86.7 Å². The Morgan fingerprint density at radius 3 is 2.33 bits per heavy atom. The van der Waals surface area contributed by atoms with Gasteiger partial charge in [0.1, 0.15) is 0 Å². The SMILES string of the molecule is Cc1cccc(-n2c(-c3ccccc3)cn3c4c(=O)n(C)c(=O)n(C)c4nc23)c1C. The van der Waals surface area contributed by atoms with Gasteiger partial charge in [-0.2, -0.15) is 4.98 Å². The fraction of sp³-hybridized carbons (Fsp3) is 0.174. The fourth-order valence-electron chi connectivity index (χ4n) is 4.00. The van der Waals surface area contributed by atoms with Gasteiger partial charge < -0.3 is 0 Å². The highest BCUT2D eigenvalue weighted by molar-refractivity contribution is 5.79. The van der Waals surface area contributed by atoms with E-state index in [1.807, 2.05) is 48.7 Å². The van der Waals surface area contributed by atoms with Crippen LogP contribution in [-0.4, -0.2) is 23.1 Å². The first-order valence-electron chi connectivity index (χ1n) is 9.71.